The van der Waals surface area contributed by atoms with E-state index in [1.807, 2.05) is 12.1 Å². The molecule has 1 aromatic heterocycles. The third-order valence-corrected chi connectivity index (χ3v) is 6.17. The van der Waals surface area contributed by atoms with E-state index in [0.717, 1.165) is 31.6 Å². The van der Waals surface area contributed by atoms with Crippen LogP contribution in [0, 0.1) is 5.92 Å². The van der Waals surface area contributed by atoms with Gasteiger partial charge in [0.2, 0.25) is 0 Å². The zero-order valence-corrected chi connectivity index (χ0v) is 19.3. The number of benzene rings is 2. The molecule has 8 nitrogen and oxygen atoms in total. The number of ether oxygens (including phenoxy) is 1. The lowest BCUT2D eigenvalue weighted by Gasteiger charge is -2.33. The first-order chi connectivity index (χ1) is 16.4. The molecule has 34 heavy (non-hydrogen) atoms. The summed E-state index contributed by atoms with van der Waals surface area (Å²) >= 11 is 5.92. The lowest BCUT2D eigenvalue weighted by molar-refractivity contribution is 0.104. The Kier molecular flexibility index (Phi) is 7.18. The lowest BCUT2D eigenvalue weighted by Crippen LogP contribution is -2.35. The molecule has 1 saturated heterocycles. The maximum absolute atomic E-state index is 13.1. The Morgan fingerprint density at radius 2 is 1.65 bits per heavy atom. The minimum Gasteiger partial charge on any atom is -0.449 e. The maximum Gasteiger partial charge on any atom is 0.411 e. The Labute approximate surface area is 202 Å². The minimum atomic E-state index is -0.681. The Morgan fingerprint density at radius 1 is 1.00 bits per heavy atom. The average Bonchev–Trinajstić information content (AvgIpc) is 2.86. The third-order valence-electron chi connectivity index (χ3n) is 5.92. The highest BCUT2D eigenvalue weighted by molar-refractivity contribution is 6.30. The molecule has 3 aromatic rings. The summed E-state index contributed by atoms with van der Waals surface area (Å²) in [5, 5.41) is 3.13. The van der Waals surface area contributed by atoms with Crippen LogP contribution < -0.4 is 21.7 Å². The minimum absolute atomic E-state index is 0.116. The maximum atomic E-state index is 13.1. The van der Waals surface area contributed by atoms with Gasteiger partial charge in [0.1, 0.15) is 0 Å². The molecular formula is C25H26ClN5O3. The molecule has 0 saturated carbocycles. The fourth-order valence-electron chi connectivity index (χ4n) is 4.00. The first-order valence-corrected chi connectivity index (χ1v) is 11.4. The smallest absolute Gasteiger partial charge is 0.411 e. The number of pyridine rings is 1. The number of nitrogens with one attached hydrogen (secondary N) is 1. The van der Waals surface area contributed by atoms with E-state index in [1.165, 1.54) is 6.07 Å². The van der Waals surface area contributed by atoms with Crippen molar-refractivity contribution >= 4 is 46.2 Å². The zero-order chi connectivity index (χ0) is 24.1. The number of carbonyl (C=O) groups excluding carboxylic acids is 2. The molecule has 0 unspecified atom stereocenters. The number of aromatic nitrogens is 1. The molecule has 0 aliphatic carbocycles. The number of carbonyl (C=O) groups is 2. The van der Waals surface area contributed by atoms with Crippen molar-refractivity contribution in [3.8, 4) is 0 Å². The van der Waals surface area contributed by atoms with E-state index in [9.17, 15) is 9.59 Å². The normalized spacial score (nSPS) is 14.0. The van der Waals surface area contributed by atoms with E-state index in [2.05, 4.69) is 15.2 Å². The summed E-state index contributed by atoms with van der Waals surface area (Å²) < 4.78 is 5.47. The molecule has 0 bridgehead atoms. The molecule has 2 heterocycles. The van der Waals surface area contributed by atoms with E-state index in [0.29, 0.717) is 10.6 Å². The van der Waals surface area contributed by atoms with Crippen molar-refractivity contribution in [2.75, 3.05) is 41.4 Å². The zero-order valence-electron chi connectivity index (χ0n) is 18.5. The molecule has 0 radical (unpaired) electrons. The van der Waals surface area contributed by atoms with Crippen LogP contribution in [0.4, 0.5) is 27.5 Å². The summed E-state index contributed by atoms with van der Waals surface area (Å²) in [4.78, 5) is 32.0. The van der Waals surface area contributed by atoms with Gasteiger partial charge in [0.05, 0.1) is 23.5 Å². The number of ketones is 1. The molecule has 1 fully saturated rings. The molecule has 176 valence electrons. The van der Waals surface area contributed by atoms with E-state index in [-0.39, 0.29) is 40.9 Å². The largest absolute Gasteiger partial charge is 0.449 e. The predicted octanol–water partition coefficient (Wildman–Crippen LogP) is 4.60. The highest BCUT2D eigenvalue weighted by atomic mass is 35.5. The van der Waals surface area contributed by atoms with Gasteiger partial charge in [-0.1, -0.05) is 11.6 Å². The fourth-order valence-corrected chi connectivity index (χ4v) is 4.13. The van der Waals surface area contributed by atoms with Crippen LogP contribution in [0.15, 0.2) is 60.9 Å². The highest BCUT2D eigenvalue weighted by Crippen LogP contribution is 2.32. The molecular weight excluding hydrogens is 454 g/mol. The standard InChI is InChI=1S/C25H26ClN5O3/c26-18-3-1-17(2-4-18)24(32)22-20(27)5-6-21(28)23(22)30-25(33)34-15-16-9-13-31(14-10-16)19-7-11-29-12-8-19/h1-8,11-12,16H,9-10,13-15,27-28H2,(H,30,33). The van der Waals surface area contributed by atoms with Gasteiger partial charge in [0.15, 0.2) is 5.78 Å². The van der Waals surface area contributed by atoms with Gasteiger partial charge in [-0.2, -0.15) is 0 Å². The molecule has 1 aliphatic heterocycles. The summed E-state index contributed by atoms with van der Waals surface area (Å²) in [6, 6.07) is 13.5. The first-order valence-electron chi connectivity index (χ1n) is 11.0. The van der Waals surface area contributed by atoms with Gasteiger partial charge in [-0.05, 0) is 67.3 Å². The van der Waals surface area contributed by atoms with E-state index < -0.39 is 6.09 Å². The topological polar surface area (TPSA) is 124 Å². The number of hydrogen-bond donors (Lipinski definition) is 3. The molecule has 9 heteroatoms. The predicted molar refractivity (Wildman–Crippen MR) is 134 cm³/mol. The van der Waals surface area contributed by atoms with Gasteiger partial charge in [-0.25, -0.2) is 4.79 Å². The van der Waals surface area contributed by atoms with Crippen LogP contribution in [-0.4, -0.2) is 36.6 Å². The summed E-state index contributed by atoms with van der Waals surface area (Å²) in [7, 11) is 0. The summed E-state index contributed by atoms with van der Waals surface area (Å²) in [6.45, 7) is 2.03. The van der Waals surface area contributed by atoms with Gasteiger partial charge in [-0.15, -0.1) is 0 Å². The van der Waals surface area contributed by atoms with Crippen LogP contribution in [0.3, 0.4) is 0 Å². The first kappa shape index (κ1) is 23.4. The number of nitrogens with zero attached hydrogens (tertiary/aromatic N) is 2. The van der Waals surface area contributed by atoms with Crippen molar-refractivity contribution in [3.05, 3.63) is 77.1 Å². The van der Waals surface area contributed by atoms with Gasteiger partial charge in [0.25, 0.3) is 0 Å². The van der Waals surface area contributed by atoms with Crippen LogP contribution in [0.25, 0.3) is 0 Å². The fraction of sp³-hybridized carbons (Fsp3) is 0.240. The molecule has 0 spiro atoms. The van der Waals surface area contributed by atoms with Gasteiger partial charge in [0, 0.05) is 47.4 Å². The number of anilines is 4. The number of hydrogen-bond acceptors (Lipinski definition) is 7. The molecule has 4 rings (SSSR count). The Morgan fingerprint density at radius 3 is 2.32 bits per heavy atom. The van der Waals surface area contributed by atoms with Crippen molar-refractivity contribution in [3.63, 3.8) is 0 Å². The summed E-state index contributed by atoms with van der Waals surface area (Å²) in [6.07, 6.45) is 4.68. The van der Waals surface area contributed by atoms with Crippen LogP contribution in [0.1, 0.15) is 28.8 Å². The Bertz CT molecular complexity index is 1160. The van der Waals surface area contributed by atoms with E-state index in [4.69, 9.17) is 27.8 Å². The molecule has 1 amide bonds. The van der Waals surface area contributed by atoms with Crippen molar-refractivity contribution < 1.29 is 14.3 Å². The van der Waals surface area contributed by atoms with Crippen LogP contribution in [0.5, 0.6) is 0 Å². The number of halogens is 1. The average molecular weight is 480 g/mol. The quantitative estimate of drug-likeness (QED) is 0.348. The SMILES string of the molecule is Nc1ccc(N)c(C(=O)c2ccc(Cl)cc2)c1NC(=O)OCC1CCN(c2ccncc2)CC1. The number of piperidine rings is 1. The van der Waals surface area contributed by atoms with Gasteiger partial charge >= 0.3 is 6.09 Å². The second kappa shape index (κ2) is 10.4. The molecule has 1 aliphatic rings. The lowest BCUT2D eigenvalue weighted by atomic mass is 9.97. The number of nitrogens with two attached hydrogens (primary N) is 2. The molecule has 0 atom stereocenters. The number of amides is 1. The second-order valence-corrected chi connectivity index (χ2v) is 8.63. The Hall–Kier alpha value is -3.78. The number of rotatable bonds is 6. The third kappa shape index (κ3) is 5.40. The molecule has 2 aromatic carbocycles. The van der Waals surface area contributed by atoms with Crippen LogP contribution >= 0.6 is 11.6 Å². The van der Waals surface area contributed by atoms with Crippen molar-refractivity contribution in [1.82, 2.24) is 4.98 Å². The van der Waals surface area contributed by atoms with Crippen molar-refractivity contribution in [1.29, 1.82) is 0 Å². The van der Waals surface area contributed by atoms with E-state index >= 15 is 0 Å². The van der Waals surface area contributed by atoms with Crippen molar-refractivity contribution in [2.24, 2.45) is 5.92 Å². The molecule has 5 N–H and O–H groups in total. The second-order valence-electron chi connectivity index (χ2n) is 8.19. The summed E-state index contributed by atoms with van der Waals surface area (Å²) in [5.74, 6) is -0.127. The van der Waals surface area contributed by atoms with Crippen LogP contribution in [-0.2, 0) is 4.74 Å². The van der Waals surface area contributed by atoms with Crippen molar-refractivity contribution in [2.45, 2.75) is 12.8 Å². The monoisotopic (exact) mass is 479 g/mol. The van der Waals surface area contributed by atoms with Gasteiger partial charge in [-0.3, -0.25) is 15.1 Å². The summed E-state index contributed by atoms with van der Waals surface area (Å²) in [5.41, 5.74) is 14.3. The number of nitrogen functional groups attached to an aromatic ring is 2. The van der Waals surface area contributed by atoms with Crippen LogP contribution in [0.2, 0.25) is 5.02 Å². The van der Waals surface area contributed by atoms with E-state index in [1.54, 1.807) is 42.7 Å². The highest BCUT2D eigenvalue weighted by Gasteiger charge is 2.23. The Balaban J connectivity index is 1.38. The van der Waals surface area contributed by atoms with Gasteiger partial charge < -0.3 is 21.1 Å².